The molecule has 1 aromatic carbocycles. The summed E-state index contributed by atoms with van der Waals surface area (Å²) in [4.78, 5) is 20.6. The van der Waals surface area contributed by atoms with Crippen LogP contribution in [0, 0.1) is 5.82 Å². The summed E-state index contributed by atoms with van der Waals surface area (Å²) in [6.45, 7) is 2.01. The number of aliphatic imine (C=N–C) groups is 1. The number of rotatable bonds is 6. The van der Waals surface area contributed by atoms with Crippen LogP contribution in [0.5, 0.6) is 0 Å². The van der Waals surface area contributed by atoms with E-state index in [1.807, 2.05) is 6.92 Å². The molecule has 0 aliphatic carbocycles. The second-order valence-corrected chi connectivity index (χ2v) is 7.41. The van der Waals surface area contributed by atoms with E-state index in [4.69, 9.17) is 0 Å². The average Bonchev–Trinajstić information content (AvgIpc) is 2.56. The van der Waals surface area contributed by atoms with Crippen molar-refractivity contribution in [3.05, 3.63) is 52.3 Å². The summed E-state index contributed by atoms with van der Waals surface area (Å²) in [5.41, 5.74) is -0.142. The molecule has 1 heterocycles. The molecule has 25 heavy (non-hydrogen) atoms. The van der Waals surface area contributed by atoms with Gasteiger partial charge in [-0.15, -0.1) is 0 Å². The predicted molar refractivity (Wildman–Crippen MR) is 93.3 cm³/mol. The van der Waals surface area contributed by atoms with Crippen molar-refractivity contribution in [2.24, 2.45) is 4.99 Å². The molecule has 0 atom stereocenters. The molecule has 0 saturated carbocycles. The van der Waals surface area contributed by atoms with Gasteiger partial charge in [-0.05, 0) is 24.1 Å². The first-order valence-electron chi connectivity index (χ1n) is 7.60. The zero-order valence-electron chi connectivity index (χ0n) is 14.2. The molecule has 0 unspecified atom stereocenters. The molecular formula is C16H19FN4O3S. The van der Waals surface area contributed by atoms with Gasteiger partial charge in [0.25, 0.3) is 10.0 Å². The molecule has 2 rings (SSSR count). The normalized spacial score (nSPS) is 11.8. The van der Waals surface area contributed by atoms with Gasteiger partial charge in [0.1, 0.15) is 0 Å². The maximum Gasteiger partial charge on any atom is 0.363 e. The molecule has 134 valence electrons. The topological polar surface area (TPSA) is 84.6 Å². The molecule has 7 nitrogen and oxygen atoms in total. The fourth-order valence-electron chi connectivity index (χ4n) is 2.07. The van der Waals surface area contributed by atoms with Gasteiger partial charge in [0.2, 0.25) is 0 Å². The van der Waals surface area contributed by atoms with Crippen molar-refractivity contribution in [2.45, 2.75) is 24.7 Å². The Balaban J connectivity index is 2.46. The Bertz CT molecular complexity index is 935. The first-order valence-corrected chi connectivity index (χ1v) is 9.04. The standard InChI is InChI=1S/C16H19FN4O3S/c1-4-5-12-6-8-13(9-7-12)25(23,24)21-10-14(17)15(19-16(21)22)18-11-20(2)3/h6-11H,4-5H2,1-3H3/b18-11+. The predicted octanol–water partition coefficient (Wildman–Crippen LogP) is 1.79. The fourth-order valence-corrected chi connectivity index (χ4v) is 3.26. The molecule has 0 aliphatic rings. The highest BCUT2D eigenvalue weighted by Crippen LogP contribution is 2.17. The first-order chi connectivity index (χ1) is 11.8. The Morgan fingerprint density at radius 2 is 1.92 bits per heavy atom. The summed E-state index contributed by atoms with van der Waals surface area (Å²) in [7, 11) is -0.909. The summed E-state index contributed by atoms with van der Waals surface area (Å²) < 4.78 is 39.5. The van der Waals surface area contributed by atoms with E-state index in [1.54, 1.807) is 26.2 Å². The van der Waals surface area contributed by atoms with Crippen LogP contribution in [-0.4, -0.2) is 42.7 Å². The van der Waals surface area contributed by atoms with Crippen molar-refractivity contribution in [2.75, 3.05) is 14.1 Å². The van der Waals surface area contributed by atoms with Crippen molar-refractivity contribution in [1.29, 1.82) is 0 Å². The Morgan fingerprint density at radius 1 is 1.28 bits per heavy atom. The maximum absolute atomic E-state index is 14.1. The maximum atomic E-state index is 14.1. The van der Waals surface area contributed by atoms with Gasteiger partial charge in [-0.2, -0.15) is 8.96 Å². The van der Waals surface area contributed by atoms with Crippen molar-refractivity contribution in [3.63, 3.8) is 0 Å². The van der Waals surface area contributed by atoms with Crippen molar-refractivity contribution < 1.29 is 12.8 Å². The summed E-state index contributed by atoms with van der Waals surface area (Å²) in [6, 6.07) is 6.12. The number of halogens is 1. The third kappa shape index (κ3) is 4.30. The van der Waals surface area contributed by atoms with Gasteiger partial charge in [0, 0.05) is 14.1 Å². The minimum absolute atomic E-state index is 0.111. The van der Waals surface area contributed by atoms with Crippen LogP contribution in [0.1, 0.15) is 18.9 Å². The molecule has 0 radical (unpaired) electrons. The molecule has 9 heteroatoms. The lowest BCUT2D eigenvalue weighted by Crippen LogP contribution is -2.29. The van der Waals surface area contributed by atoms with Crippen LogP contribution >= 0.6 is 0 Å². The highest BCUT2D eigenvalue weighted by Gasteiger charge is 2.21. The monoisotopic (exact) mass is 366 g/mol. The minimum Gasteiger partial charge on any atom is -0.369 e. The summed E-state index contributed by atoms with van der Waals surface area (Å²) in [5, 5.41) is 0. The van der Waals surface area contributed by atoms with Crippen molar-refractivity contribution in [1.82, 2.24) is 13.9 Å². The second-order valence-electron chi connectivity index (χ2n) is 5.60. The number of hydrogen-bond acceptors (Lipinski definition) is 5. The molecule has 0 saturated heterocycles. The van der Waals surface area contributed by atoms with Gasteiger partial charge in [-0.3, -0.25) is 0 Å². The van der Waals surface area contributed by atoms with Gasteiger partial charge in [0.15, 0.2) is 11.6 Å². The highest BCUT2D eigenvalue weighted by molar-refractivity contribution is 7.90. The van der Waals surface area contributed by atoms with E-state index >= 15 is 0 Å². The van der Waals surface area contributed by atoms with Crippen LogP contribution in [0.25, 0.3) is 0 Å². The molecule has 0 spiro atoms. The fraction of sp³-hybridized carbons (Fsp3) is 0.312. The SMILES string of the molecule is CCCc1ccc(S(=O)(=O)n2cc(F)c(/N=C/N(C)C)nc2=O)cc1. The smallest absolute Gasteiger partial charge is 0.363 e. The van der Waals surface area contributed by atoms with E-state index in [2.05, 4.69) is 9.98 Å². The number of aromatic nitrogens is 2. The lowest BCUT2D eigenvalue weighted by atomic mass is 10.1. The zero-order valence-corrected chi connectivity index (χ0v) is 15.0. The summed E-state index contributed by atoms with van der Waals surface area (Å²) in [5.74, 6) is -1.48. The molecule has 0 aliphatic heterocycles. The lowest BCUT2D eigenvalue weighted by Gasteiger charge is -2.09. The summed E-state index contributed by atoms with van der Waals surface area (Å²) in [6.07, 6.45) is 3.59. The van der Waals surface area contributed by atoms with Gasteiger partial charge in [-0.1, -0.05) is 25.5 Å². The summed E-state index contributed by atoms with van der Waals surface area (Å²) >= 11 is 0. The van der Waals surface area contributed by atoms with E-state index < -0.39 is 27.3 Å². The Hall–Kier alpha value is -2.55. The Morgan fingerprint density at radius 3 is 2.48 bits per heavy atom. The lowest BCUT2D eigenvalue weighted by molar-refractivity contribution is 0.571. The molecular weight excluding hydrogens is 347 g/mol. The van der Waals surface area contributed by atoms with E-state index in [1.165, 1.54) is 23.4 Å². The highest BCUT2D eigenvalue weighted by atomic mass is 32.2. The molecule has 0 amide bonds. The van der Waals surface area contributed by atoms with Gasteiger partial charge < -0.3 is 4.90 Å². The Kier molecular flexibility index (Phi) is 5.68. The van der Waals surface area contributed by atoms with Crippen LogP contribution in [0.4, 0.5) is 10.2 Å². The van der Waals surface area contributed by atoms with E-state index in [0.29, 0.717) is 6.20 Å². The number of aryl methyl sites for hydroxylation is 1. The number of hydrogen-bond donors (Lipinski definition) is 0. The van der Waals surface area contributed by atoms with Crippen molar-refractivity contribution in [3.8, 4) is 0 Å². The average molecular weight is 366 g/mol. The van der Waals surface area contributed by atoms with Gasteiger partial charge in [0.05, 0.1) is 17.4 Å². The van der Waals surface area contributed by atoms with Crippen LogP contribution in [0.15, 0.2) is 45.1 Å². The molecule has 0 fully saturated rings. The third-order valence-electron chi connectivity index (χ3n) is 3.26. The van der Waals surface area contributed by atoms with Crippen molar-refractivity contribution >= 4 is 22.2 Å². The van der Waals surface area contributed by atoms with E-state index in [0.717, 1.165) is 18.4 Å². The van der Waals surface area contributed by atoms with Crippen LogP contribution in [0.2, 0.25) is 0 Å². The largest absolute Gasteiger partial charge is 0.369 e. The van der Waals surface area contributed by atoms with Crippen LogP contribution in [-0.2, 0) is 16.4 Å². The van der Waals surface area contributed by atoms with E-state index in [-0.39, 0.29) is 8.87 Å². The number of benzene rings is 1. The molecule has 0 bridgehead atoms. The number of nitrogens with zero attached hydrogens (tertiary/aromatic N) is 4. The van der Waals surface area contributed by atoms with Gasteiger partial charge in [-0.25, -0.2) is 22.6 Å². The molecule has 0 N–H and O–H groups in total. The zero-order chi connectivity index (χ0) is 18.6. The molecule has 1 aromatic heterocycles. The second kappa shape index (κ2) is 7.56. The quantitative estimate of drug-likeness (QED) is 0.575. The minimum atomic E-state index is -4.23. The first kappa shape index (κ1) is 18.8. The molecule has 2 aromatic rings. The third-order valence-corrected chi connectivity index (χ3v) is 4.91. The van der Waals surface area contributed by atoms with Gasteiger partial charge >= 0.3 is 5.69 Å². The van der Waals surface area contributed by atoms with Crippen LogP contribution < -0.4 is 5.69 Å². The Labute approximate surface area is 145 Å². The van der Waals surface area contributed by atoms with E-state index in [9.17, 15) is 17.6 Å². The van der Waals surface area contributed by atoms with Crippen LogP contribution in [0.3, 0.4) is 0 Å².